The fourth-order valence-corrected chi connectivity index (χ4v) is 1.81. The van der Waals surface area contributed by atoms with Crippen molar-refractivity contribution in [3.63, 3.8) is 0 Å². The van der Waals surface area contributed by atoms with Crippen LogP contribution < -0.4 is 11.1 Å². The molecule has 1 atom stereocenters. The predicted molar refractivity (Wildman–Crippen MR) is 77.5 cm³/mol. The van der Waals surface area contributed by atoms with Gasteiger partial charge in [0.1, 0.15) is 5.75 Å². The highest BCUT2D eigenvalue weighted by Crippen LogP contribution is 2.19. The minimum absolute atomic E-state index is 0.0560. The van der Waals surface area contributed by atoms with Crippen LogP contribution in [-0.4, -0.2) is 46.7 Å². The number of aliphatic hydroxyl groups excluding tert-OH is 1. The summed E-state index contributed by atoms with van der Waals surface area (Å²) >= 11 is 0. The zero-order valence-corrected chi connectivity index (χ0v) is 12.0. The van der Waals surface area contributed by atoms with Crippen molar-refractivity contribution in [3.05, 3.63) is 29.8 Å². The SMILES string of the molecule is CCN(C[C@H](O)c1cccc(O)c1)C(=O)NCCC(N)=O. The minimum atomic E-state index is -0.904. The van der Waals surface area contributed by atoms with Crippen LogP contribution in [0, 0.1) is 0 Å². The van der Waals surface area contributed by atoms with E-state index < -0.39 is 12.0 Å². The number of urea groups is 1. The third kappa shape index (κ3) is 5.70. The van der Waals surface area contributed by atoms with E-state index in [1.54, 1.807) is 19.1 Å². The molecule has 21 heavy (non-hydrogen) atoms. The molecule has 0 aliphatic rings. The third-order valence-electron chi connectivity index (χ3n) is 2.96. The Labute approximate surface area is 123 Å². The number of carbonyl (C=O) groups excluding carboxylic acids is 2. The molecule has 3 amide bonds. The number of primary amides is 1. The number of amides is 3. The summed E-state index contributed by atoms with van der Waals surface area (Å²) in [5.41, 5.74) is 5.52. The highest BCUT2D eigenvalue weighted by atomic mass is 16.3. The van der Waals surface area contributed by atoms with Crippen molar-refractivity contribution in [2.75, 3.05) is 19.6 Å². The fourth-order valence-electron chi connectivity index (χ4n) is 1.81. The van der Waals surface area contributed by atoms with Gasteiger partial charge in [0.2, 0.25) is 5.91 Å². The first-order chi connectivity index (χ1) is 9.93. The highest BCUT2D eigenvalue weighted by molar-refractivity contribution is 5.77. The number of nitrogens with two attached hydrogens (primary N) is 1. The number of rotatable bonds is 7. The Morgan fingerprint density at radius 1 is 1.43 bits per heavy atom. The smallest absolute Gasteiger partial charge is 0.317 e. The molecule has 7 heteroatoms. The first-order valence-corrected chi connectivity index (χ1v) is 6.72. The van der Waals surface area contributed by atoms with Crippen LogP contribution in [0.25, 0.3) is 0 Å². The summed E-state index contributed by atoms with van der Waals surface area (Å²) in [6, 6.07) is 5.87. The lowest BCUT2D eigenvalue weighted by Crippen LogP contribution is -2.42. The molecule has 0 bridgehead atoms. The maximum atomic E-state index is 11.9. The van der Waals surface area contributed by atoms with Crippen LogP contribution in [0.15, 0.2) is 24.3 Å². The normalized spacial score (nSPS) is 11.7. The fraction of sp³-hybridized carbons (Fsp3) is 0.429. The summed E-state index contributed by atoms with van der Waals surface area (Å²) in [6.07, 6.45) is -0.836. The molecule has 0 saturated heterocycles. The standard InChI is InChI=1S/C14H21N3O4/c1-2-17(14(21)16-7-6-13(15)20)9-12(19)10-4-3-5-11(18)8-10/h3-5,8,12,18-19H,2,6-7,9H2,1H3,(H2,15,20)(H,16,21)/t12-/m0/s1. The van der Waals surface area contributed by atoms with Crippen LogP contribution in [0.2, 0.25) is 0 Å². The Bertz CT molecular complexity index is 493. The van der Waals surface area contributed by atoms with Crippen molar-refractivity contribution in [2.24, 2.45) is 5.73 Å². The second kappa shape index (κ2) is 8.11. The number of aliphatic hydroxyl groups is 1. The Hall–Kier alpha value is -2.28. The molecule has 0 heterocycles. The van der Waals surface area contributed by atoms with Crippen LogP contribution in [-0.2, 0) is 4.79 Å². The van der Waals surface area contributed by atoms with E-state index in [1.165, 1.54) is 17.0 Å². The summed E-state index contributed by atoms with van der Waals surface area (Å²) in [5.74, 6) is -0.432. The van der Waals surface area contributed by atoms with Crippen molar-refractivity contribution in [1.29, 1.82) is 0 Å². The van der Waals surface area contributed by atoms with Crippen LogP contribution in [0.5, 0.6) is 5.75 Å². The van der Waals surface area contributed by atoms with Crippen molar-refractivity contribution < 1.29 is 19.8 Å². The number of hydrogen-bond acceptors (Lipinski definition) is 4. The molecule has 0 spiro atoms. The van der Waals surface area contributed by atoms with Crippen LogP contribution >= 0.6 is 0 Å². The minimum Gasteiger partial charge on any atom is -0.508 e. The molecule has 0 aliphatic heterocycles. The van der Waals surface area contributed by atoms with Gasteiger partial charge in [-0.2, -0.15) is 0 Å². The summed E-state index contributed by atoms with van der Waals surface area (Å²) in [6.45, 7) is 2.43. The summed E-state index contributed by atoms with van der Waals surface area (Å²) in [4.78, 5) is 23.9. The number of benzene rings is 1. The molecule has 0 saturated carbocycles. The van der Waals surface area contributed by atoms with E-state index in [-0.39, 0.29) is 31.3 Å². The zero-order chi connectivity index (χ0) is 15.8. The Balaban J connectivity index is 2.56. The average Bonchev–Trinajstić information content (AvgIpc) is 2.43. The van der Waals surface area contributed by atoms with Crippen LogP contribution in [0.3, 0.4) is 0 Å². The molecule has 0 radical (unpaired) electrons. The quantitative estimate of drug-likeness (QED) is 0.580. The average molecular weight is 295 g/mol. The lowest BCUT2D eigenvalue weighted by molar-refractivity contribution is -0.117. The van der Waals surface area contributed by atoms with Gasteiger partial charge in [0.15, 0.2) is 0 Å². The summed E-state index contributed by atoms with van der Waals surface area (Å²) in [7, 11) is 0. The van der Waals surface area contributed by atoms with E-state index in [2.05, 4.69) is 5.32 Å². The molecule has 0 aliphatic carbocycles. The molecule has 1 rings (SSSR count). The van der Waals surface area contributed by atoms with E-state index in [0.29, 0.717) is 12.1 Å². The van der Waals surface area contributed by atoms with Crippen molar-refractivity contribution in [2.45, 2.75) is 19.4 Å². The summed E-state index contributed by atoms with van der Waals surface area (Å²) < 4.78 is 0. The molecule has 7 nitrogen and oxygen atoms in total. The highest BCUT2D eigenvalue weighted by Gasteiger charge is 2.17. The number of likely N-dealkylation sites (N-methyl/N-ethyl adjacent to an activating group) is 1. The van der Waals surface area contributed by atoms with Gasteiger partial charge in [-0.3, -0.25) is 4.79 Å². The second-order valence-corrected chi connectivity index (χ2v) is 4.60. The lowest BCUT2D eigenvalue weighted by atomic mass is 10.1. The number of nitrogens with zero attached hydrogens (tertiary/aromatic N) is 1. The third-order valence-corrected chi connectivity index (χ3v) is 2.96. The van der Waals surface area contributed by atoms with Gasteiger partial charge in [-0.05, 0) is 24.6 Å². The van der Waals surface area contributed by atoms with Gasteiger partial charge in [-0.1, -0.05) is 12.1 Å². The Morgan fingerprint density at radius 3 is 2.71 bits per heavy atom. The van der Waals surface area contributed by atoms with Crippen LogP contribution in [0.1, 0.15) is 25.0 Å². The molecule has 0 aromatic heterocycles. The molecule has 116 valence electrons. The summed E-state index contributed by atoms with van der Waals surface area (Å²) in [5, 5.41) is 22.0. The van der Waals surface area contributed by atoms with Gasteiger partial charge in [-0.15, -0.1) is 0 Å². The largest absolute Gasteiger partial charge is 0.508 e. The van der Waals surface area contributed by atoms with Gasteiger partial charge < -0.3 is 26.2 Å². The number of carbonyl (C=O) groups is 2. The number of hydrogen-bond donors (Lipinski definition) is 4. The maximum absolute atomic E-state index is 11.9. The molecular weight excluding hydrogens is 274 g/mol. The van der Waals surface area contributed by atoms with Gasteiger partial charge in [0, 0.05) is 19.5 Å². The molecule has 1 aromatic rings. The molecule has 0 unspecified atom stereocenters. The molecular formula is C14H21N3O4. The van der Waals surface area contributed by atoms with E-state index in [9.17, 15) is 19.8 Å². The first kappa shape index (κ1) is 16.8. The van der Waals surface area contributed by atoms with Gasteiger partial charge in [0.05, 0.1) is 12.6 Å². The van der Waals surface area contributed by atoms with Gasteiger partial charge in [-0.25, -0.2) is 4.79 Å². The van der Waals surface area contributed by atoms with Crippen molar-refractivity contribution in [3.8, 4) is 5.75 Å². The second-order valence-electron chi connectivity index (χ2n) is 4.60. The number of nitrogens with one attached hydrogen (secondary N) is 1. The maximum Gasteiger partial charge on any atom is 0.317 e. The zero-order valence-electron chi connectivity index (χ0n) is 12.0. The topological polar surface area (TPSA) is 116 Å². The van der Waals surface area contributed by atoms with Crippen LogP contribution in [0.4, 0.5) is 4.79 Å². The molecule has 0 fully saturated rings. The number of aromatic hydroxyl groups is 1. The number of phenols is 1. The lowest BCUT2D eigenvalue weighted by Gasteiger charge is -2.24. The van der Waals surface area contributed by atoms with Crippen molar-refractivity contribution in [1.82, 2.24) is 10.2 Å². The Morgan fingerprint density at radius 2 is 2.14 bits per heavy atom. The van der Waals surface area contributed by atoms with E-state index in [1.807, 2.05) is 0 Å². The van der Waals surface area contributed by atoms with Crippen molar-refractivity contribution >= 4 is 11.9 Å². The number of phenolic OH excluding ortho intramolecular Hbond substituents is 1. The molecule has 5 N–H and O–H groups in total. The van der Waals surface area contributed by atoms with E-state index in [4.69, 9.17) is 5.73 Å². The van der Waals surface area contributed by atoms with E-state index in [0.717, 1.165) is 0 Å². The molecule has 1 aromatic carbocycles. The van der Waals surface area contributed by atoms with Gasteiger partial charge >= 0.3 is 6.03 Å². The predicted octanol–water partition coefficient (Wildman–Crippen LogP) is 0.332. The van der Waals surface area contributed by atoms with E-state index >= 15 is 0 Å². The van der Waals surface area contributed by atoms with Gasteiger partial charge in [0.25, 0.3) is 0 Å². The Kier molecular flexibility index (Phi) is 6.48. The first-order valence-electron chi connectivity index (χ1n) is 6.72. The monoisotopic (exact) mass is 295 g/mol.